The summed E-state index contributed by atoms with van der Waals surface area (Å²) in [5, 5.41) is 14.6. The van der Waals surface area contributed by atoms with Crippen LogP contribution in [0.4, 0.5) is 4.79 Å². The van der Waals surface area contributed by atoms with Gasteiger partial charge < -0.3 is 25.2 Å². The van der Waals surface area contributed by atoms with Gasteiger partial charge in [0.15, 0.2) is 6.04 Å². The normalized spacial score (nSPS) is 13.8. The average molecular weight is 398 g/mol. The van der Waals surface area contributed by atoms with E-state index in [-0.39, 0.29) is 6.61 Å². The van der Waals surface area contributed by atoms with Crippen LogP contribution in [0.15, 0.2) is 30.3 Å². The standard InChI is InChI=1S/C18H26N2O6S/c1-12(21)15(17(23)25-2)20-16(22)14(9-10-27-3)19-18(24)26-11-13-7-5-4-6-8-13/h4-8,12,14-15,21H,9-11H2,1-3H3,(H,19,24)(H,20,22)/t12-,14+,15-/m0/s1. The summed E-state index contributed by atoms with van der Waals surface area (Å²) in [5.41, 5.74) is 0.817. The van der Waals surface area contributed by atoms with Gasteiger partial charge in [-0.3, -0.25) is 4.79 Å². The summed E-state index contributed by atoms with van der Waals surface area (Å²) >= 11 is 1.51. The molecule has 0 radical (unpaired) electrons. The lowest BCUT2D eigenvalue weighted by atomic mass is 10.1. The van der Waals surface area contributed by atoms with Gasteiger partial charge in [0.25, 0.3) is 0 Å². The molecule has 2 amide bonds. The number of aliphatic hydroxyl groups excluding tert-OH is 1. The zero-order valence-corrected chi connectivity index (χ0v) is 16.5. The number of ether oxygens (including phenoxy) is 2. The maximum Gasteiger partial charge on any atom is 0.408 e. The van der Waals surface area contributed by atoms with Crippen LogP contribution in [-0.2, 0) is 25.7 Å². The summed E-state index contributed by atoms with van der Waals surface area (Å²) < 4.78 is 9.71. The molecule has 1 rings (SSSR count). The number of amides is 2. The minimum absolute atomic E-state index is 0.0714. The van der Waals surface area contributed by atoms with Crippen LogP contribution in [0.1, 0.15) is 18.9 Å². The largest absolute Gasteiger partial charge is 0.467 e. The van der Waals surface area contributed by atoms with E-state index in [0.717, 1.165) is 12.7 Å². The minimum Gasteiger partial charge on any atom is -0.467 e. The van der Waals surface area contributed by atoms with Gasteiger partial charge in [0.1, 0.15) is 12.6 Å². The van der Waals surface area contributed by atoms with Crippen LogP contribution < -0.4 is 10.6 Å². The number of carbonyl (C=O) groups excluding carboxylic acids is 3. The zero-order valence-electron chi connectivity index (χ0n) is 15.6. The smallest absolute Gasteiger partial charge is 0.408 e. The van der Waals surface area contributed by atoms with Crippen molar-refractivity contribution in [3.05, 3.63) is 35.9 Å². The molecule has 8 nitrogen and oxygen atoms in total. The minimum atomic E-state index is -1.22. The van der Waals surface area contributed by atoms with Gasteiger partial charge in [0.05, 0.1) is 13.2 Å². The number of carbonyl (C=O) groups is 3. The van der Waals surface area contributed by atoms with E-state index in [1.807, 2.05) is 36.6 Å². The molecule has 150 valence electrons. The van der Waals surface area contributed by atoms with Gasteiger partial charge in [-0.15, -0.1) is 0 Å². The van der Waals surface area contributed by atoms with Crippen LogP contribution in [0.3, 0.4) is 0 Å². The van der Waals surface area contributed by atoms with Gasteiger partial charge in [0.2, 0.25) is 5.91 Å². The Kier molecular flexibility index (Phi) is 10.3. The zero-order chi connectivity index (χ0) is 20.2. The molecule has 9 heteroatoms. The number of hydrogen-bond donors (Lipinski definition) is 3. The summed E-state index contributed by atoms with van der Waals surface area (Å²) in [7, 11) is 1.16. The number of benzene rings is 1. The molecule has 3 atom stereocenters. The molecule has 0 saturated carbocycles. The first-order chi connectivity index (χ1) is 12.9. The lowest BCUT2D eigenvalue weighted by Gasteiger charge is -2.23. The summed E-state index contributed by atoms with van der Waals surface area (Å²) in [5.74, 6) is -0.764. The number of nitrogens with one attached hydrogen (secondary N) is 2. The first-order valence-electron chi connectivity index (χ1n) is 8.41. The fourth-order valence-corrected chi connectivity index (χ4v) is 2.64. The monoisotopic (exact) mass is 398 g/mol. The van der Waals surface area contributed by atoms with Crippen molar-refractivity contribution in [3.63, 3.8) is 0 Å². The Hall–Kier alpha value is -2.26. The van der Waals surface area contributed by atoms with E-state index in [1.54, 1.807) is 0 Å². The van der Waals surface area contributed by atoms with Crippen LogP contribution in [0.25, 0.3) is 0 Å². The lowest BCUT2D eigenvalue weighted by molar-refractivity contribution is -0.148. The Morgan fingerprint density at radius 1 is 1.19 bits per heavy atom. The molecular formula is C18H26N2O6S. The van der Waals surface area contributed by atoms with E-state index in [0.29, 0.717) is 12.2 Å². The number of hydrogen-bond acceptors (Lipinski definition) is 7. The molecule has 0 aliphatic rings. The van der Waals surface area contributed by atoms with Crippen LogP contribution in [-0.4, -0.2) is 60.4 Å². The van der Waals surface area contributed by atoms with Crippen molar-refractivity contribution < 1.29 is 29.0 Å². The quantitative estimate of drug-likeness (QED) is 0.505. The highest BCUT2D eigenvalue weighted by Crippen LogP contribution is 2.05. The van der Waals surface area contributed by atoms with E-state index in [4.69, 9.17) is 4.74 Å². The third-order valence-corrected chi connectivity index (χ3v) is 4.31. The van der Waals surface area contributed by atoms with Gasteiger partial charge in [-0.25, -0.2) is 9.59 Å². The molecule has 1 aromatic rings. The highest BCUT2D eigenvalue weighted by Gasteiger charge is 2.30. The van der Waals surface area contributed by atoms with Crippen molar-refractivity contribution in [3.8, 4) is 0 Å². The number of rotatable bonds is 10. The second kappa shape index (κ2) is 12.2. The predicted molar refractivity (Wildman–Crippen MR) is 102 cm³/mol. The topological polar surface area (TPSA) is 114 Å². The molecular weight excluding hydrogens is 372 g/mol. The molecule has 0 aromatic heterocycles. The fourth-order valence-electron chi connectivity index (χ4n) is 2.17. The summed E-state index contributed by atoms with van der Waals surface area (Å²) in [6.45, 7) is 1.43. The molecule has 1 aromatic carbocycles. The van der Waals surface area contributed by atoms with Crippen molar-refractivity contribution in [2.75, 3.05) is 19.1 Å². The number of esters is 1. The second-order valence-corrected chi connectivity index (χ2v) is 6.78. The van der Waals surface area contributed by atoms with E-state index >= 15 is 0 Å². The molecule has 0 fully saturated rings. The first-order valence-corrected chi connectivity index (χ1v) is 9.80. The van der Waals surface area contributed by atoms with Crippen LogP contribution in [0, 0.1) is 0 Å². The van der Waals surface area contributed by atoms with Crippen LogP contribution >= 0.6 is 11.8 Å². The van der Waals surface area contributed by atoms with Gasteiger partial charge in [-0.05, 0) is 30.9 Å². The van der Waals surface area contributed by atoms with Crippen molar-refractivity contribution >= 4 is 29.7 Å². The van der Waals surface area contributed by atoms with Gasteiger partial charge in [-0.2, -0.15) is 11.8 Å². The molecule has 0 saturated heterocycles. The third kappa shape index (κ3) is 8.31. The maximum atomic E-state index is 12.5. The van der Waals surface area contributed by atoms with Crippen molar-refractivity contribution in [2.24, 2.45) is 0 Å². The molecule has 0 heterocycles. The number of thioether (sulfide) groups is 1. The predicted octanol–water partition coefficient (Wildman–Crippen LogP) is 1.07. The highest BCUT2D eigenvalue weighted by molar-refractivity contribution is 7.98. The number of alkyl carbamates (subject to hydrolysis) is 1. The molecule has 0 aliphatic carbocycles. The average Bonchev–Trinajstić information content (AvgIpc) is 2.67. The summed E-state index contributed by atoms with van der Waals surface area (Å²) in [6.07, 6.45) is 0.316. The molecule has 0 bridgehead atoms. The van der Waals surface area contributed by atoms with E-state index in [2.05, 4.69) is 15.4 Å². The Morgan fingerprint density at radius 3 is 2.41 bits per heavy atom. The Bertz CT molecular complexity index is 611. The van der Waals surface area contributed by atoms with Crippen molar-refractivity contribution in [2.45, 2.75) is 38.1 Å². The molecule has 0 spiro atoms. The number of aliphatic hydroxyl groups is 1. The fraction of sp³-hybridized carbons (Fsp3) is 0.500. The Labute approximate surface area is 163 Å². The third-order valence-electron chi connectivity index (χ3n) is 3.67. The summed E-state index contributed by atoms with van der Waals surface area (Å²) in [6, 6.07) is 7.01. The number of methoxy groups -OCH3 is 1. The second-order valence-electron chi connectivity index (χ2n) is 5.79. The van der Waals surface area contributed by atoms with Gasteiger partial charge in [0, 0.05) is 0 Å². The molecule has 3 N–H and O–H groups in total. The summed E-state index contributed by atoms with van der Waals surface area (Å²) in [4.78, 5) is 36.2. The van der Waals surface area contributed by atoms with Crippen molar-refractivity contribution in [1.29, 1.82) is 0 Å². The van der Waals surface area contributed by atoms with Crippen molar-refractivity contribution in [1.82, 2.24) is 10.6 Å². The van der Waals surface area contributed by atoms with Gasteiger partial charge >= 0.3 is 12.1 Å². The van der Waals surface area contributed by atoms with E-state index in [1.165, 1.54) is 18.7 Å². The van der Waals surface area contributed by atoms with Gasteiger partial charge in [-0.1, -0.05) is 30.3 Å². The van der Waals surface area contributed by atoms with Crippen LogP contribution in [0.2, 0.25) is 0 Å². The first kappa shape index (κ1) is 22.8. The molecule has 0 aliphatic heterocycles. The lowest BCUT2D eigenvalue weighted by Crippen LogP contribution is -2.55. The molecule has 0 unspecified atom stereocenters. The van der Waals surface area contributed by atoms with E-state index in [9.17, 15) is 19.5 Å². The Balaban J connectivity index is 2.68. The molecule has 27 heavy (non-hydrogen) atoms. The SMILES string of the molecule is COC(=O)[C@@H](NC(=O)[C@@H](CCSC)NC(=O)OCc1ccccc1)[C@H](C)O. The van der Waals surface area contributed by atoms with Crippen LogP contribution in [0.5, 0.6) is 0 Å². The Morgan fingerprint density at radius 2 is 1.85 bits per heavy atom. The maximum absolute atomic E-state index is 12.5. The van der Waals surface area contributed by atoms with E-state index < -0.39 is 36.2 Å². The highest BCUT2D eigenvalue weighted by atomic mass is 32.2.